The third-order valence-corrected chi connectivity index (χ3v) is 1.00. The highest BCUT2D eigenvalue weighted by Gasteiger charge is 1.83. The molecule has 0 amide bonds. The molecule has 1 heterocycles. The van der Waals surface area contributed by atoms with Crippen molar-refractivity contribution in [2.45, 2.75) is 0 Å². The number of aromatic nitrogens is 2. The molecule has 0 atom stereocenters. The molecule has 0 aliphatic rings. The molecular formula is C4H4BrN2+. The molecular weight excluding hydrogens is 156 g/mol. The van der Waals surface area contributed by atoms with Gasteiger partial charge in [-0.25, -0.2) is 9.97 Å². The largest absolute Gasteiger partial charge is 0.237 e. The van der Waals surface area contributed by atoms with Crippen molar-refractivity contribution in [2.75, 3.05) is 0 Å². The van der Waals surface area contributed by atoms with Gasteiger partial charge in [0.1, 0.15) is 0 Å². The monoisotopic (exact) mass is 159 g/mol. The second-order valence-electron chi connectivity index (χ2n) is 1.08. The van der Waals surface area contributed by atoms with E-state index in [1.165, 1.54) is 0 Å². The fourth-order valence-corrected chi connectivity index (χ4v) is 0.556. The predicted octanol–water partition coefficient (Wildman–Crippen LogP) is 0.658. The Hall–Kier alpha value is -0.440. The Morgan fingerprint density at radius 2 is 2.57 bits per heavy atom. The number of nitrogens with zero attached hydrogens (tertiary/aromatic N) is 1. The minimum absolute atomic E-state index is 0.829. The van der Waals surface area contributed by atoms with Gasteiger partial charge in [-0.1, -0.05) is 0 Å². The quantitative estimate of drug-likeness (QED) is 0.547. The fourth-order valence-electron chi connectivity index (χ4n) is 0.306. The molecule has 0 aliphatic carbocycles. The topological polar surface area (TPSA) is 27.0 Å². The molecule has 1 aromatic heterocycles. The Morgan fingerprint density at radius 3 is 2.86 bits per heavy atom. The maximum atomic E-state index is 3.86. The first-order valence-electron chi connectivity index (χ1n) is 1.87. The average molecular weight is 160 g/mol. The van der Waals surface area contributed by atoms with Crippen LogP contribution in [0.15, 0.2) is 23.2 Å². The average Bonchev–Trinajstić information content (AvgIpc) is 1.69. The molecule has 0 saturated carbocycles. The van der Waals surface area contributed by atoms with E-state index in [1.54, 1.807) is 18.6 Å². The normalized spacial score (nSPS) is 8.71. The lowest BCUT2D eigenvalue weighted by Gasteiger charge is -1.73. The van der Waals surface area contributed by atoms with Crippen molar-refractivity contribution in [3.05, 3.63) is 23.2 Å². The van der Waals surface area contributed by atoms with Crippen LogP contribution in [-0.4, -0.2) is 4.98 Å². The molecule has 0 radical (unpaired) electrons. The Balaban J connectivity index is 3.02. The van der Waals surface area contributed by atoms with Gasteiger partial charge in [-0.15, -0.1) is 0 Å². The number of rotatable bonds is 0. The SMILES string of the molecule is Brc1c[nH+]ccn1. The van der Waals surface area contributed by atoms with Crippen molar-refractivity contribution >= 4 is 15.9 Å². The summed E-state index contributed by atoms with van der Waals surface area (Å²) >= 11 is 3.17. The lowest BCUT2D eigenvalue weighted by atomic mass is 10.8. The van der Waals surface area contributed by atoms with Gasteiger partial charge in [-0.2, -0.15) is 0 Å². The van der Waals surface area contributed by atoms with Gasteiger partial charge >= 0.3 is 0 Å². The van der Waals surface area contributed by atoms with Crippen LogP contribution in [0.2, 0.25) is 0 Å². The summed E-state index contributed by atoms with van der Waals surface area (Å²) in [4.78, 5) is 6.72. The number of H-pyrrole nitrogens is 1. The minimum Gasteiger partial charge on any atom is -0.237 e. The van der Waals surface area contributed by atoms with Crippen molar-refractivity contribution in [1.82, 2.24) is 4.98 Å². The van der Waals surface area contributed by atoms with E-state index in [9.17, 15) is 0 Å². The van der Waals surface area contributed by atoms with Crippen LogP contribution in [0.3, 0.4) is 0 Å². The standard InChI is InChI=1S/C4H3BrN2/c5-4-3-6-1-2-7-4/h1-3H/p+1. The molecule has 1 rings (SSSR count). The van der Waals surface area contributed by atoms with E-state index in [4.69, 9.17) is 0 Å². The second kappa shape index (κ2) is 2.02. The number of hydrogen-bond acceptors (Lipinski definition) is 1. The third-order valence-electron chi connectivity index (χ3n) is 0.571. The number of nitrogens with one attached hydrogen (secondary N) is 1. The highest BCUT2D eigenvalue weighted by Crippen LogP contribution is 1.95. The van der Waals surface area contributed by atoms with Crippen LogP contribution in [0.4, 0.5) is 0 Å². The van der Waals surface area contributed by atoms with Gasteiger partial charge in [0, 0.05) is 0 Å². The molecule has 0 saturated heterocycles. The van der Waals surface area contributed by atoms with Crippen LogP contribution in [-0.2, 0) is 0 Å². The molecule has 0 aliphatic heterocycles. The first kappa shape index (κ1) is 4.71. The zero-order valence-electron chi connectivity index (χ0n) is 3.56. The highest BCUT2D eigenvalue weighted by molar-refractivity contribution is 9.10. The fraction of sp³-hybridized carbons (Fsp3) is 0. The minimum atomic E-state index is 0.829. The summed E-state index contributed by atoms with van der Waals surface area (Å²) in [6.07, 6.45) is 5.20. The van der Waals surface area contributed by atoms with Crippen LogP contribution < -0.4 is 4.98 Å². The first-order chi connectivity index (χ1) is 3.39. The van der Waals surface area contributed by atoms with Crippen LogP contribution in [0, 0.1) is 0 Å². The number of hydrogen-bond donors (Lipinski definition) is 0. The number of aromatic amines is 1. The Labute approximate surface area is 49.7 Å². The van der Waals surface area contributed by atoms with Crippen molar-refractivity contribution in [2.24, 2.45) is 0 Å². The van der Waals surface area contributed by atoms with Crippen molar-refractivity contribution in [3.63, 3.8) is 0 Å². The van der Waals surface area contributed by atoms with Crippen LogP contribution in [0.1, 0.15) is 0 Å². The molecule has 1 N–H and O–H groups in total. The molecule has 3 heteroatoms. The zero-order valence-corrected chi connectivity index (χ0v) is 5.14. The summed E-state index contributed by atoms with van der Waals surface area (Å²) < 4.78 is 0.829. The maximum absolute atomic E-state index is 3.86. The van der Waals surface area contributed by atoms with Gasteiger partial charge in [0.2, 0.25) is 0 Å². The van der Waals surface area contributed by atoms with Gasteiger partial charge in [0.05, 0.1) is 6.20 Å². The van der Waals surface area contributed by atoms with Crippen LogP contribution in [0.25, 0.3) is 0 Å². The van der Waals surface area contributed by atoms with E-state index in [1.807, 2.05) is 0 Å². The Kier molecular flexibility index (Phi) is 1.36. The van der Waals surface area contributed by atoms with E-state index >= 15 is 0 Å². The van der Waals surface area contributed by atoms with Crippen molar-refractivity contribution < 1.29 is 4.98 Å². The smallest absolute Gasteiger partial charge is 0.200 e. The van der Waals surface area contributed by atoms with Gasteiger partial charge in [-0.05, 0) is 15.9 Å². The molecule has 0 spiro atoms. The summed E-state index contributed by atoms with van der Waals surface area (Å²) in [5, 5.41) is 0. The molecule has 0 aromatic carbocycles. The van der Waals surface area contributed by atoms with E-state index in [2.05, 4.69) is 25.9 Å². The van der Waals surface area contributed by atoms with Gasteiger partial charge in [0.25, 0.3) is 0 Å². The van der Waals surface area contributed by atoms with Crippen molar-refractivity contribution in [1.29, 1.82) is 0 Å². The summed E-state index contributed by atoms with van der Waals surface area (Å²) in [5.74, 6) is 0. The summed E-state index contributed by atoms with van der Waals surface area (Å²) in [5.41, 5.74) is 0. The summed E-state index contributed by atoms with van der Waals surface area (Å²) in [6.45, 7) is 0. The molecule has 1 aromatic rings. The van der Waals surface area contributed by atoms with E-state index in [0.717, 1.165) is 4.60 Å². The number of halogens is 1. The van der Waals surface area contributed by atoms with Crippen molar-refractivity contribution in [3.8, 4) is 0 Å². The lowest BCUT2D eigenvalue weighted by Crippen LogP contribution is -1.97. The molecule has 0 fully saturated rings. The molecule has 0 unspecified atom stereocenters. The molecule has 2 nitrogen and oxygen atoms in total. The van der Waals surface area contributed by atoms with Crippen LogP contribution >= 0.6 is 15.9 Å². The Bertz CT molecular complexity index is 140. The van der Waals surface area contributed by atoms with E-state index < -0.39 is 0 Å². The van der Waals surface area contributed by atoms with Gasteiger partial charge in [0.15, 0.2) is 17.0 Å². The summed E-state index contributed by atoms with van der Waals surface area (Å²) in [6, 6.07) is 0. The Morgan fingerprint density at radius 1 is 1.71 bits per heavy atom. The zero-order chi connectivity index (χ0) is 5.11. The molecule has 36 valence electrons. The maximum Gasteiger partial charge on any atom is 0.200 e. The van der Waals surface area contributed by atoms with Gasteiger partial charge in [-0.3, -0.25) is 0 Å². The molecule has 7 heavy (non-hydrogen) atoms. The molecule has 0 bridgehead atoms. The lowest BCUT2D eigenvalue weighted by molar-refractivity contribution is -0.379. The highest BCUT2D eigenvalue weighted by atomic mass is 79.9. The predicted molar refractivity (Wildman–Crippen MR) is 28.5 cm³/mol. The second-order valence-corrected chi connectivity index (χ2v) is 1.89. The van der Waals surface area contributed by atoms with E-state index in [-0.39, 0.29) is 0 Å². The summed E-state index contributed by atoms with van der Waals surface area (Å²) in [7, 11) is 0. The first-order valence-corrected chi connectivity index (χ1v) is 2.66. The van der Waals surface area contributed by atoms with Crippen LogP contribution in [0.5, 0.6) is 0 Å². The van der Waals surface area contributed by atoms with Gasteiger partial charge < -0.3 is 0 Å². The third kappa shape index (κ3) is 1.23. The van der Waals surface area contributed by atoms with E-state index in [0.29, 0.717) is 0 Å².